The molecular weight excluding hydrogens is 397 g/mol. The van der Waals surface area contributed by atoms with Gasteiger partial charge in [-0.05, 0) is 92.9 Å². The minimum atomic E-state index is -0.235. The normalized spacial score (nSPS) is 30.4. The van der Waals surface area contributed by atoms with Crippen LogP contribution < -0.4 is 10.1 Å². The van der Waals surface area contributed by atoms with Crippen molar-refractivity contribution in [3.8, 4) is 5.75 Å². The topological polar surface area (TPSA) is 21.3 Å². The van der Waals surface area contributed by atoms with Gasteiger partial charge in [0.2, 0.25) is 0 Å². The Hall–Kier alpha value is -1.58. The molecule has 4 bridgehead atoms. The highest BCUT2D eigenvalue weighted by Gasteiger charge is 2.52. The summed E-state index contributed by atoms with van der Waals surface area (Å²) in [6.45, 7) is 3.31. The van der Waals surface area contributed by atoms with Gasteiger partial charge in [-0.25, -0.2) is 4.39 Å². The highest BCUT2D eigenvalue weighted by molar-refractivity contribution is 6.30. The zero-order chi connectivity index (χ0) is 20.7. The van der Waals surface area contributed by atoms with E-state index in [0.29, 0.717) is 22.0 Å². The second kappa shape index (κ2) is 8.16. The van der Waals surface area contributed by atoms with Crippen LogP contribution in [-0.4, -0.2) is 6.04 Å². The Morgan fingerprint density at radius 3 is 2.37 bits per heavy atom. The van der Waals surface area contributed by atoms with Crippen molar-refractivity contribution < 1.29 is 9.13 Å². The summed E-state index contributed by atoms with van der Waals surface area (Å²) in [6.07, 6.45) is 8.56. The Morgan fingerprint density at radius 1 is 1.03 bits per heavy atom. The Morgan fingerprint density at radius 2 is 1.70 bits per heavy atom. The average molecular weight is 428 g/mol. The number of hydrogen-bond donors (Lipinski definition) is 1. The third-order valence-electron chi connectivity index (χ3n) is 7.97. The summed E-state index contributed by atoms with van der Waals surface area (Å²) in [5, 5.41) is 4.52. The lowest BCUT2D eigenvalue weighted by Gasteiger charge is -2.59. The lowest BCUT2D eigenvalue weighted by molar-refractivity contribution is -0.0706. The predicted octanol–water partition coefficient (Wildman–Crippen LogP) is 6.75. The monoisotopic (exact) mass is 427 g/mol. The van der Waals surface area contributed by atoms with Crippen LogP contribution in [0.2, 0.25) is 5.02 Å². The molecule has 4 aliphatic rings. The highest BCUT2D eigenvalue weighted by Crippen LogP contribution is 2.61. The van der Waals surface area contributed by atoms with E-state index in [-0.39, 0.29) is 12.4 Å². The molecule has 0 aromatic heterocycles. The summed E-state index contributed by atoms with van der Waals surface area (Å²) in [4.78, 5) is 0. The molecule has 4 heteroatoms. The molecular formula is C26H31ClFNO. The fourth-order valence-corrected chi connectivity index (χ4v) is 6.98. The fraction of sp³-hybridized carbons (Fsp3) is 0.538. The zero-order valence-corrected chi connectivity index (χ0v) is 18.4. The van der Waals surface area contributed by atoms with E-state index in [4.69, 9.17) is 16.3 Å². The van der Waals surface area contributed by atoms with Crippen molar-refractivity contribution in [1.82, 2.24) is 5.32 Å². The van der Waals surface area contributed by atoms with E-state index in [1.807, 2.05) is 24.3 Å². The van der Waals surface area contributed by atoms with Crippen LogP contribution in [0.15, 0.2) is 42.5 Å². The lowest BCUT2D eigenvalue weighted by atomic mass is 9.48. The van der Waals surface area contributed by atoms with Gasteiger partial charge in [-0.15, -0.1) is 0 Å². The quantitative estimate of drug-likeness (QED) is 0.527. The molecule has 1 N–H and O–H groups in total. The van der Waals surface area contributed by atoms with Gasteiger partial charge >= 0.3 is 0 Å². The van der Waals surface area contributed by atoms with Gasteiger partial charge in [0, 0.05) is 28.7 Å². The number of halogens is 2. The van der Waals surface area contributed by atoms with E-state index < -0.39 is 0 Å². The molecule has 1 atom stereocenters. The molecule has 2 nitrogen and oxygen atoms in total. The SMILES string of the molecule is C[C@@H](NCc1cc(Cl)ccc1OCc1ccccc1F)C12CC3CC(CC(C3)C1)C2. The molecule has 0 saturated heterocycles. The largest absolute Gasteiger partial charge is 0.488 e. The molecule has 0 amide bonds. The maximum absolute atomic E-state index is 14.0. The predicted molar refractivity (Wildman–Crippen MR) is 119 cm³/mol. The third kappa shape index (κ3) is 3.99. The van der Waals surface area contributed by atoms with Crippen molar-refractivity contribution in [3.63, 3.8) is 0 Å². The molecule has 4 fully saturated rings. The smallest absolute Gasteiger partial charge is 0.129 e. The molecule has 160 valence electrons. The molecule has 2 aromatic rings. The highest BCUT2D eigenvalue weighted by atomic mass is 35.5. The van der Waals surface area contributed by atoms with Crippen LogP contribution in [0.5, 0.6) is 5.75 Å². The second-order valence-electron chi connectivity index (χ2n) is 10.0. The summed E-state index contributed by atoms with van der Waals surface area (Å²) in [5.74, 6) is 3.39. The van der Waals surface area contributed by atoms with Gasteiger partial charge in [0.15, 0.2) is 0 Å². The van der Waals surface area contributed by atoms with Gasteiger partial charge in [-0.1, -0.05) is 29.8 Å². The van der Waals surface area contributed by atoms with Crippen LogP contribution in [0.3, 0.4) is 0 Å². The van der Waals surface area contributed by atoms with E-state index in [9.17, 15) is 4.39 Å². The fourth-order valence-electron chi connectivity index (χ4n) is 6.79. The summed E-state index contributed by atoms with van der Waals surface area (Å²) in [7, 11) is 0. The first-order valence-electron chi connectivity index (χ1n) is 11.4. The maximum atomic E-state index is 14.0. The van der Waals surface area contributed by atoms with Crippen LogP contribution in [0.1, 0.15) is 56.6 Å². The van der Waals surface area contributed by atoms with Gasteiger partial charge in [-0.3, -0.25) is 0 Å². The molecule has 2 aromatic carbocycles. The molecule has 6 rings (SSSR count). The van der Waals surface area contributed by atoms with Crippen molar-refractivity contribution in [2.75, 3.05) is 0 Å². The van der Waals surface area contributed by atoms with Gasteiger partial charge in [0.05, 0.1) is 0 Å². The molecule has 0 radical (unpaired) electrons. The van der Waals surface area contributed by atoms with Gasteiger partial charge < -0.3 is 10.1 Å². The van der Waals surface area contributed by atoms with Crippen molar-refractivity contribution in [3.05, 3.63) is 64.4 Å². The van der Waals surface area contributed by atoms with E-state index in [1.165, 1.54) is 44.6 Å². The van der Waals surface area contributed by atoms with E-state index in [1.54, 1.807) is 12.1 Å². The van der Waals surface area contributed by atoms with Gasteiger partial charge in [0.25, 0.3) is 0 Å². The van der Waals surface area contributed by atoms with Crippen LogP contribution in [0.25, 0.3) is 0 Å². The summed E-state index contributed by atoms with van der Waals surface area (Å²) in [6, 6.07) is 12.9. The molecule has 0 unspecified atom stereocenters. The Balaban J connectivity index is 1.27. The van der Waals surface area contributed by atoms with Crippen molar-refractivity contribution in [2.24, 2.45) is 23.2 Å². The van der Waals surface area contributed by atoms with Gasteiger partial charge in [-0.2, -0.15) is 0 Å². The molecule has 0 spiro atoms. The first-order valence-corrected chi connectivity index (χ1v) is 11.8. The number of rotatable bonds is 7. The zero-order valence-electron chi connectivity index (χ0n) is 17.7. The third-order valence-corrected chi connectivity index (χ3v) is 8.20. The molecule has 4 saturated carbocycles. The van der Waals surface area contributed by atoms with E-state index in [2.05, 4.69) is 12.2 Å². The van der Waals surface area contributed by atoms with E-state index >= 15 is 0 Å². The minimum absolute atomic E-state index is 0.214. The molecule has 0 heterocycles. The average Bonchev–Trinajstić information content (AvgIpc) is 2.71. The molecule has 0 aliphatic heterocycles. The van der Waals surface area contributed by atoms with Crippen LogP contribution in [0, 0.1) is 29.0 Å². The number of nitrogens with one attached hydrogen (secondary N) is 1. The summed E-state index contributed by atoms with van der Waals surface area (Å²) >= 11 is 6.29. The van der Waals surface area contributed by atoms with E-state index in [0.717, 1.165) is 35.6 Å². The minimum Gasteiger partial charge on any atom is -0.488 e. The van der Waals surface area contributed by atoms with Crippen molar-refractivity contribution >= 4 is 11.6 Å². The summed E-state index contributed by atoms with van der Waals surface area (Å²) in [5.41, 5.74) is 2.06. The first-order chi connectivity index (χ1) is 14.5. The first kappa shape index (κ1) is 20.3. The standard InChI is InChI=1S/C26H31ClFNO/c1-17(26-12-18-8-19(13-26)10-20(9-18)14-26)29-15-22-11-23(27)6-7-25(22)30-16-21-4-2-3-5-24(21)28/h2-7,11,17-20,29H,8-10,12-16H2,1H3/t17-,18?,19?,20?,26?/m1/s1. The maximum Gasteiger partial charge on any atom is 0.129 e. The Labute approximate surface area is 184 Å². The number of hydrogen-bond acceptors (Lipinski definition) is 2. The second-order valence-corrected chi connectivity index (χ2v) is 10.5. The molecule has 4 aliphatic carbocycles. The Bertz CT molecular complexity index is 878. The Kier molecular flexibility index (Phi) is 5.53. The number of ether oxygens (including phenoxy) is 1. The van der Waals surface area contributed by atoms with Crippen LogP contribution >= 0.6 is 11.6 Å². The summed E-state index contributed by atoms with van der Waals surface area (Å²) < 4.78 is 20.0. The molecule has 30 heavy (non-hydrogen) atoms. The number of benzene rings is 2. The van der Waals surface area contributed by atoms with Gasteiger partial charge in [0.1, 0.15) is 18.2 Å². The van der Waals surface area contributed by atoms with Crippen LogP contribution in [-0.2, 0) is 13.2 Å². The van der Waals surface area contributed by atoms with Crippen molar-refractivity contribution in [1.29, 1.82) is 0 Å². The van der Waals surface area contributed by atoms with Crippen molar-refractivity contribution in [2.45, 2.75) is 64.6 Å². The van der Waals surface area contributed by atoms with Crippen LogP contribution in [0.4, 0.5) is 4.39 Å². The lowest BCUT2D eigenvalue weighted by Crippen LogP contribution is -2.54.